The van der Waals surface area contributed by atoms with E-state index >= 15 is 0 Å². The SMILES string of the molecule is Cc1nc(-c2sc(Cl)cc2CNC(=O)OCC2CCC2)ccc1OC1CCCCC1. The number of carbonyl (C=O) groups excluding carboxylic acids is 1. The maximum atomic E-state index is 12.0. The molecule has 2 aliphatic rings. The molecule has 2 fully saturated rings. The van der Waals surface area contributed by atoms with Gasteiger partial charge in [0.15, 0.2) is 0 Å². The molecule has 2 aromatic heterocycles. The highest BCUT2D eigenvalue weighted by atomic mass is 35.5. The Balaban J connectivity index is 1.39. The minimum atomic E-state index is -0.379. The summed E-state index contributed by atoms with van der Waals surface area (Å²) < 4.78 is 12.2. The molecule has 7 heteroatoms. The Morgan fingerprint density at radius 2 is 2.00 bits per heavy atom. The molecule has 0 aliphatic heterocycles. The fourth-order valence-electron chi connectivity index (χ4n) is 3.98. The average molecular weight is 449 g/mol. The quantitative estimate of drug-likeness (QED) is 0.524. The number of nitrogens with one attached hydrogen (secondary N) is 1. The van der Waals surface area contributed by atoms with Crippen LogP contribution in [0.15, 0.2) is 18.2 Å². The molecule has 0 unspecified atom stereocenters. The van der Waals surface area contributed by atoms with E-state index in [4.69, 9.17) is 26.1 Å². The predicted molar refractivity (Wildman–Crippen MR) is 120 cm³/mol. The van der Waals surface area contributed by atoms with Crippen LogP contribution in [0.3, 0.4) is 0 Å². The zero-order chi connectivity index (χ0) is 20.9. The molecule has 2 saturated carbocycles. The van der Waals surface area contributed by atoms with E-state index in [2.05, 4.69) is 5.32 Å². The predicted octanol–water partition coefficient (Wildman–Crippen LogP) is 6.51. The van der Waals surface area contributed by atoms with Gasteiger partial charge in [0, 0.05) is 6.54 Å². The fourth-order valence-corrected chi connectivity index (χ4v) is 5.22. The summed E-state index contributed by atoms with van der Waals surface area (Å²) in [5.41, 5.74) is 2.67. The molecule has 2 aromatic rings. The Labute approximate surface area is 187 Å². The molecular formula is C23H29ClN2O3S. The number of nitrogens with zero attached hydrogens (tertiary/aromatic N) is 1. The highest BCUT2D eigenvalue weighted by Gasteiger charge is 2.20. The van der Waals surface area contributed by atoms with Gasteiger partial charge in [-0.1, -0.05) is 24.4 Å². The molecule has 5 nitrogen and oxygen atoms in total. The van der Waals surface area contributed by atoms with Crippen molar-refractivity contribution in [1.29, 1.82) is 0 Å². The van der Waals surface area contributed by atoms with Crippen LogP contribution in [0.4, 0.5) is 4.79 Å². The highest BCUT2D eigenvalue weighted by Crippen LogP contribution is 2.36. The molecule has 1 amide bonds. The number of rotatable bonds is 7. The normalized spacial score (nSPS) is 17.4. The molecule has 0 saturated heterocycles. The van der Waals surface area contributed by atoms with E-state index in [0.717, 1.165) is 53.3 Å². The van der Waals surface area contributed by atoms with Crippen molar-refractivity contribution in [3.8, 4) is 16.3 Å². The monoisotopic (exact) mass is 448 g/mol. The lowest BCUT2D eigenvalue weighted by molar-refractivity contribution is 0.103. The Morgan fingerprint density at radius 1 is 1.20 bits per heavy atom. The molecule has 30 heavy (non-hydrogen) atoms. The number of hydrogen-bond acceptors (Lipinski definition) is 5. The summed E-state index contributed by atoms with van der Waals surface area (Å²) in [6, 6.07) is 5.87. The van der Waals surface area contributed by atoms with Crippen LogP contribution in [0.5, 0.6) is 5.75 Å². The first-order valence-electron chi connectivity index (χ1n) is 10.9. The lowest BCUT2D eigenvalue weighted by Gasteiger charge is -2.24. The molecule has 2 aliphatic carbocycles. The van der Waals surface area contributed by atoms with Gasteiger partial charge in [-0.2, -0.15) is 0 Å². The minimum absolute atomic E-state index is 0.298. The summed E-state index contributed by atoms with van der Waals surface area (Å²) in [4.78, 5) is 17.7. The molecule has 2 heterocycles. The van der Waals surface area contributed by atoms with Gasteiger partial charge in [-0.25, -0.2) is 9.78 Å². The Morgan fingerprint density at radius 3 is 2.70 bits per heavy atom. The third-order valence-electron chi connectivity index (χ3n) is 5.99. The van der Waals surface area contributed by atoms with Gasteiger partial charge >= 0.3 is 6.09 Å². The van der Waals surface area contributed by atoms with E-state index in [0.29, 0.717) is 29.5 Å². The molecular weight excluding hydrogens is 420 g/mol. The molecule has 1 N–H and O–H groups in total. The minimum Gasteiger partial charge on any atom is -0.489 e. The van der Waals surface area contributed by atoms with E-state index < -0.39 is 0 Å². The van der Waals surface area contributed by atoms with Crippen LogP contribution in [0, 0.1) is 12.8 Å². The average Bonchev–Trinajstić information content (AvgIpc) is 3.08. The summed E-state index contributed by atoms with van der Waals surface area (Å²) in [6.07, 6.45) is 9.49. The third-order valence-corrected chi connectivity index (χ3v) is 7.32. The topological polar surface area (TPSA) is 60.5 Å². The van der Waals surface area contributed by atoms with Gasteiger partial charge in [-0.05, 0) is 75.1 Å². The lowest BCUT2D eigenvalue weighted by Crippen LogP contribution is -2.27. The van der Waals surface area contributed by atoms with Crippen LogP contribution in [-0.2, 0) is 11.3 Å². The first-order chi connectivity index (χ1) is 14.6. The van der Waals surface area contributed by atoms with Gasteiger partial charge < -0.3 is 14.8 Å². The molecule has 162 valence electrons. The van der Waals surface area contributed by atoms with Crippen LogP contribution in [0.1, 0.15) is 62.6 Å². The largest absolute Gasteiger partial charge is 0.489 e. The number of alkyl carbamates (subject to hydrolysis) is 1. The van der Waals surface area contributed by atoms with Gasteiger partial charge in [-0.3, -0.25) is 0 Å². The summed E-state index contributed by atoms with van der Waals surface area (Å²) >= 11 is 7.75. The summed E-state index contributed by atoms with van der Waals surface area (Å²) in [7, 11) is 0. The van der Waals surface area contributed by atoms with E-state index in [-0.39, 0.29) is 6.09 Å². The van der Waals surface area contributed by atoms with Crippen molar-refractivity contribution in [1.82, 2.24) is 10.3 Å². The number of carbonyl (C=O) groups is 1. The van der Waals surface area contributed by atoms with Crippen molar-refractivity contribution in [3.63, 3.8) is 0 Å². The number of amides is 1. The highest BCUT2D eigenvalue weighted by molar-refractivity contribution is 7.19. The maximum Gasteiger partial charge on any atom is 0.407 e. The van der Waals surface area contributed by atoms with Crippen molar-refractivity contribution in [2.24, 2.45) is 5.92 Å². The van der Waals surface area contributed by atoms with Crippen molar-refractivity contribution >= 4 is 29.0 Å². The smallest absolute Gasteiger partial charge is 0.407 e. The van der Waals surface area contributed by atoms with Crippen molar-refractivity contribution in [2.45, 2.75) is 70.9 Å². The molecule has 0 radical (unpaired) electrons. The zero-order valence-corrected chi connectivity index (χ0v) is 19.0. The van der Waals surface area contributed by atoms with Crippen LogP contribution in [-0.4, -0.2) is 23.8 Å². The number of aryl methyl sites for hydroxylation is 1. The lowest BCUT2D eigenvalue weighted by atomic mass is 9.86. The number of thiophene rings is 1. The van der Waals surface area contributed by atoms with Crippen LogP contribution in [0.25, 0.3) is 10.6 Å². The Kier molecular flexibility index (Phi) is 7.16. The second-order valence-electron chi connectivity index (χ2n) is 8.31. The molecule has 0 bridgehead atoms. The number of halogens is 1. The van der Waals surface area contributed by atoms with Crippen molar-refractivity contribution in [2.75, 3.05) is 6.61 Å². The van der Waals surface area contributed by atoms with Gasteiger partial charge in [0.25, 0.3) is 0 Å². The zero-order valence-electron chi connectivity index (χ0n) is 17.4. The molecule has 0 spiro atoms. The van der Waals surface area contributed by atoms with E-state index in [9.17, 15) is 4.79 Å². The van der Waals surface area contributed by atoms with Crippen molar-refractivity contribution < 1.29 is 14.3 Å². The third kappa shape index (κ3) is 5.46. The molecule has 4 rings (SSSR count). The first kappa shape index (κ1) is 21.4. The second kappa shape index (κ2) is 10.0. The van der Waals surface area contributed by atoms with Crippen molar-refractivity contribution in [3.05, 3.63) is 33.8 Å². The number of pyridine rings is 1. The van der Waals surface area contributed by atoms with Gasteiger partial charge in [-0.15, -0.1) is 11.3 Å². The molecule has 0 atom stereocenters. The molecule has 0 aromatic carbocycles. The summed E-state index contributed by atoms with van der Waals surface area (Å²) in [6.45, 7) is 2.85. The van der Waals surface area contributed by atoms with E-state index in [1.807, 2.05) is 25.1 Å². The van der Waals surface area contributed by atoms with E-state index in [1.165, 1.54) is 37.0 Å². The van der Waals surface area contributed by atoms with E-state index in [1.54, 1.807) is 0 Å². The standard InChI is InChI=1S/C23H29ClN2O3S/c1-15-20(29-18-8-3-2-4-9-18)11-10-19(26-15)22-17(12-21(24)30-22)13-25-23(27)28-14-16-6-5-7-16/h10-12,16,18H,2-9,13-14H2,1H3,(H,25,27). The Hall–Kier alpha value is -1.79. The number of ether oxygens (including phenoxy) is 2. The maximum absolute atomic E-state index is 12.0. The van der Waals surface area contributed by atoms with Gasteiger partial charge in [0.2, 0.25) is 0 Å². The van der Waals surface area contributed by atoms with Gasteiger partial charge in [0.1, 0.15) is 5.75 Å². The Bertz CT molecular complexity index is 875. The fraction of sp³-hybridized carbons (Fsp3) is 0.565. The van der Waals surface area contributed by atoms with Crippen LogP contribution >= 0.6 is 22.9 Å². The van der Waals surface area contributed by atoms with Gasteiger partial charge in [0.05, 0.1) is 33.3 Å². The second-order valence-corrected chi connectivity index (χ2v) is 10.00. The number of aromatic nitrogens is 1. The van der Waals surface area contributed by atoms with Crippen LogP contribution in [0.2, 0.25) is 4.34 Å². The van der Waals surface area contributed by atoms with Crippen LogP contribution < -0.4 is 10.1 Å². The summed E-state index contributed by atoms with van der Waals surface area (Å²) in [5.74, 6) is 1.39. The number of hydrogen-bond donors (Lipinski definition) is 1. The first-order valence-corrected chi connectivity index (χ1v) is 12.1. The summed E-state index contributed by atoms with van der Waals surface area (Å²) in [5, 5.41) is 2.84.